The normalized spacial score (nSPS) is 14.0. The first-order valence-corrected chi connectivity index (χ1v) is 7.48. The van der Waals surface area contributed by atoms with Crippen molar-refractivity contribution in [3.8, 4) is 11.3 Å². The summed E-state index contributed by atoms with van der Waals surface area (Å²) in [7, 11) is 0. The van der Waals surface area contributed by atoms with Crippen LogP contribution in [-0.2, 0) is 12.8 Å². The average Bonchev–Trinajstić information content (AvgIpc) is 2.97. The molecule has 3 aromatic rings. The largest absolute Gasteiger partial charge is 0.399 e. The van der Waals surface area contributed by atoms with Gasteiger partial charge in [0.1, 0.15) is 0 Å². The first-order valence-electron chi connectivity index (χ1n) is 6.67. The van der Waals surface area contributed by atoms with Crippen molar-refractivity contribution in [1.29, 1.82) is 0 Å². The Balaban J connectivity index is 0.00000121. The van der Waals surface area contributed by atoms with Gasteiger partial charge in [0.15, 0.2) is 4.96 Å². The second-order valence-electron chi connectivity index (χ2n) is 5.08. The van der Waals surface area contributed by atoms with Crippen LogP contribution in [0.3, 0.4) is 0 Å². The molecule has 0 amide bonds. The van der Waals surface area contributed by atoms with Gasteiger partial charge in [-0.1, -0.05) is 12.1 Å². The molecule has 0 saturated carbocycles. The maximum atomic E-state index is 5.73. The lowest BCUT2D eigenvalue weighted by molar-refractivity contribution is 0.674. The van der Waals surface area contributed by atoms with Gasteiger partial charge in [0.2, 0.25) is 0 Å². The van der Waals surface area contributed by atoms with Gasteiger partial charge in [0.05, 0.1) is 5.69 Å². The molecule has 0 unspecified atom stereocenters. The smallest absolute Gasteiger partial charge is 0.194 e. The molecule has 3 nitrogen and oxygen atoms in total. The number of fused-ring (bicyclic) bond motifs is 3. The fraction of sp³-hybridized carbons (Fsp3) is 0.267. The Morgan fingerprint density at radius 1 is 1.10 bits per heavy atom. The lowest BCUT2D eigenvalue weighted by atomic mass is 10.0. The predicted octanol–water partition coefficient (Wildman–Crippen LogP) is 3.95. The highest BCUT2D eigenvalue weighted by atomic mass is 35.5. The third-order valence-corrected chi connectivity index (χ3v) is 4.93. The summed E-state index contributed by atoms with van der Waals surface area (Å²) in [5, 5.41) is 0. The van der Waals surface area contributed by atoms with Crippen molar-refractivity contribution in [1.82, 2.24) is 9.38 Å². The molecule has 5 heteroatoms. The summed E-state index contributed by atoms with van der Waals surface area (Å²) in [4.78, 5) is 7.41. The molecule has 0 bridgehead atoms. The lowest BCUT2D eigenvalue weighted by Crippen LogP contribution is -2.01. The zero-order valence-electron chi connectivity index (χ0n) is 11.0. The Morgan fingerprint density at radius 2 is 1.85 bits per heavy atom. The molecule has 1 aliphatic carbocycles. The molecule has 0 atom stereocenters. The quantitative estimate of drug-likeness (QED) is 0.692. The molecular weight excluding hydrogens is 290 g/mol. The third kappa shape index (κ3) is 2.09. The molecule has 0 spiro atoms. The third-order valence-electron chi connectivity index (χ3n) is 3.77. The number of nitrogens with two attached hydrogens (primary N) is 1. The van der Waals surface area contributed by atoms with Crippen LogP contribution in [0.5, 0.6) is 0 Å². The summed E-state index contributed by atoms with van der Waals surface area (Å²) in [6.07, 6.45) is 7.20. The number of nitrogen functional groups attached to an aromatic ring is 1. The molecule has 2 aromatic heterocycles. The minimum absolute atomic E-state index is 0. The highest BCUT2D eigenvalue weighted by molar-refractivity contribution is 7.17. The minimum atomic E-state index is 0. The maximum Gasteiger partial charge on any atom is 0.194 e. The summed E-state index contributed by atoms with van der Waals surface area (Å²) in [6, 6.07) is 7.93. The summed E-state index contributed by atoms with van der Waals surface area (Å²) < 4.78 is 2.28. The predicted molar refractivity (Wildman–Crippen MR) is 86.8 cm³/mol. The van der Waals surface area contributed by atoms with E-state index in [0.717, 1.165) is 21.9 Å². The summed E-state index contributed by atoms with van der Waals surface area (Å²) >= 11 is 1.85. The van der Waals surface area contributed by atoms with Gasteiger partial charge >= 0.3 is 0 Å². The summed E-state index contributed by atoms with van der Waals surface area (Å²) in [6.45, 7) is 0. The molecule has 0 fully saturated rings. The first kappa shape index (κ1) is 13.5. The van der Waals surface area contributed by atoms with Gasteiger partial charge in [0.25, 0.3) is 0 Å². The van der Waals surface area contributed by atoms with Gasteiger partial charge < -0.3 is 5.73 Å². The number of thiazole rings is 1. The van der Waals surface area contributed by atoms with E-state index in [1.165, 1.54) is 36.3 Å². The van der Waals surface area contributed by atoms with Gasteiger partial charge in [-0.05, 0) is 37.8 Å². The van der Waals surface area contributed by atoms with Crippen molar-refractivity contribution in [3.63, 3.8) is 0 Å². The van der Waals surface area contributed by atoms with Crippen molar-refractivity contribution in [2.45, 2.75) is 25.7 Å². The standard InChI is InChI=1S/C15H15N3S.ClH/c16-11-7-5-10(6-8-11)12-9-18-13-3-1-2-4-14(13)19-15(18)17-12;/h5-9H,1-4,16H2;1H. The van der Waals surface area contributed by atoms with E-state index in [1.54, 1.807) is 0 Å². The Hall–Kier alpha value is -1.52. The lowest BCUT2D eigenvalue weighted by Gasteiger charge is -2.09. The molecule has 2 N–H and O–H groups in total. The van der Waals surface area contributed by atoms with Gasteiger partial charge in [-0.3, -0.25) is 4.40 Å². The van der Waals surface area contributed by atoms with Gasteiger partial charge in [0, 0.05) is 28.0 Å². The molecule has 1 aliphatic rings. The number of hydrogen-bond acceptors (Lipinski definition) is 3. The number of rotatable bonds is 1. The van der Waals surface area contributed by atoms with E-state index in [9.17, 15) is 0 Å². The Morgan fingerprint density at radius 3 is 2.65 bits per heavy atom. The molecule has 0 saturated heterocycles. The van der Waals surface area contributed by atoms with E-state index in [1.807, 2.05) is 35.6 Å². The monoisotopic (exact) mass is 305 g/mol. The second kappa shape index (κ2) is 5.11. The van der Waals surface area contributed by atoms with Crippen LogP contribution in [0.2, 0.25) is 0 Å². The average molecular weight is 306 g/mol. The summed E-state index contributed by atoms with van der Waals surface area (Å²) in [5.74, 6) is 0. The van der Waals surface area contributed by atoms with Crippen molar-refractivity contribution < 1.29 is 0 Å². The highest BCUT2D eigenvalue weighted by Gasteiger charge is 2.17. The number of nitrogens with zero attached hydrogens (tertiary/aromatic N) is 2. The summed E-state index contributed by atoms with van der Waals surface area (Å²) in [5.41, 5.74) is 10.2. The first-order chi connectivity index (χ1) is 9.31. The van der Waals surface area contributed by atoms with Crippen molar-refractivity contribution in [3.05, 3.63) is 41.0 Å². The van der Waals surface area contributed by atoms with Crippen LogP contribution in [0.1, 0.15) is 23.4 Å². The number of anilines is 1. The molecule has 4 rings (SSSR count). The Labute approximate surface area is 127 Å². The van der Waals surface area contributed by atoms with Crippen molar-refractivity contribution in [2.75, 3.05) is 5.73 Å². The minimum Gasteiger partial charge on any atom is -0.399 e. The molecule has 0 radical (unpaired) electrons. The topological polar surface area (TPSA) is 43.3 Å². The molecule has 0 aliphatic heterocycles. The Bertz CT molecular complexity index is 742. The van der Waals surface area contributed by atoms with Gasteiger partial charge in [-0.15, -0.1) is 23.7 Å². The molecular formula is C15H16ClN3S. The number of aromatic nitrogens is 2. The number of benzene rings is 1. The molecule has 1 aromatic carbocycles. The zero-order valence-corrected chi connectivity index (χ0v) is 12.6. The maximum absolute atomic E-state index is 5.73. The fourth-order valence-corrected chi connectivity index (χ4v) is 3.95. The van der Waals surface area contributed by atoms with E-state index in [2.05, 4.69) is 10.6 Å². The van der Waals surface area contributed by atoms with E-state index >= 15 is 0 Å². The zero-order chi connectivity index (χ0) is 12.8. The molecule has 2 heterocycles. The van der Waals surface area contributed by atoms with Crippen LogP contribution in [0.25, 0.3) is 16.2 Å². The van der Waals surface area contributed by atoms with Gasteiger partial charge in [-0.2, -0.15) is 0 Å². The van der Waals surface area contributed by atoms with Crippen molar-refractivity contribution in [2.24, 2.45) is 0 Å². The number of imidazole rings is 1. The van der Waals surface area contributed by atoms with Crippen molar-refractivity contribution >= 4 is 34.4 Å². The number of hydrogen-bond donors (Lipinski definition) is 1. The van der Waals surface area contributed by atoms with E-state index in [0.29, 0.717) is 0 Å². The van der Waals surface area contributed by atoms with Crippen LogP contribution < -0.4 is 5.73 Å². The van der Waals surface area contributed by atoms with Gasteiger partial charge in [-0.25, -0.2) is 4.98 Å². The SMILES string of the molecule is Cl.Nc1ccc(-c2cn3c4c(sc3n2)CCCC4)cc1. The van der Waals surface area contributed by atoms with E-state index in [-0.39, 0.29) is 12.4 Å². The Kier molecular flexibility index (Phi) is 3.44. The second-order valence-corrected chi connectivity index (χ2v) is 6.14. The van der Waals surface area contributed by atoms with E-state index < -0.39 is 0 Å². The number of aryl methyl sites for hydroxylation is 2. The van der Waals surface area contributed by atoms with Crippen LogP contribution in [0.15, 0.2) is 30.5 Å². The molecule has 104 valence electrons. The highest BCUT2D eigenvalue weighted by Crippen LogP contribution is 2.32. The van der Waals surface area contributed by atoms with Crippen LogP contribution in [0, 0.1) is 0 Å². The van der Waals surface area contributed by atoms with Crippen LogP contribution >= 0.6 is 23.7 Å². The van der Waals surface area contributed by atoms with E-state index in [4.69, 9.17) is 10.7 Å². The van der Waals surface area contributed by atoms with Crippen LogP contribution in [-0.4, -0.2) is 9.38 Å². The fourth-order valence-electron chi connectivity index (χ4n) is 2.76. The molecule has 20 heavy (non-hydrogen) atoms. The van der Waals surface area contributed by atoms with Crippen LogP contribution in [0.4, 0.5) is 5.69 Å². The number of halogens is 1.